The number of rotatable bonds is 1. The van der Waals surface area contributed by atoms with E-state index in [0.717, 1.165) is 11.5 Å². The van der Waals surface area contributed by atoms with Crippen LogP contribution in [0.2, 0.25) is 0 Å². The van der Waals surface area contributed by atoms with E-state index in [1.54, 1.807) is 0 Å². The van der Waals surface area contributed by atoms with E-state index in [-0.39, 0.29) is 0 Å². The zero-order chi connectivity index (χ0) is 14.4. The Labute approximate surface area is 119 Å². The number of nitrogen functional groups attached to an aromatic ring is 1. The molecular formula is C16H21N4+. The number of para-hydroxylation sites is 1. The average Bonchev–Trinajstić information content (AvgIpc) is 2.68. The topological polar surface area (TPSA) is 46.0 Å². The van der Waals surface area contributed by atoms with Crippen molar-refractivity contribution in [2.45, 2.75) is 32.7 Å². The number of nitrogens with zero attached hydrogens (tertiary/aromatic N) is 3. The fraction of sp³-hybridized carbons (Fsp3) is 0.375. The molecule has 4 heteroatoms. The minimum atomic E-state index is 0.381. The Balaban J connectivity index is 2.15. The monoisotopic (exact) mass is 269 g/mol. The highest BCUT2D eigenvalue weighted by atomic mass is 15.3. The van der Waals surface area contributed by atoms with Crippen LogP contribution < -0.4 is 15.2 Å². The largest absolute Gasteiger partial charge is 0.391 e. The van der Waals surface area contributed by atoms with Gasteiger partial charge in [-0.3, -0.25) is 5.73 Å². The molecule has 1 aromatic heterocycles. The maximum absolute atomic E-state index is 6.01. The Bertz CT molecular complexity index is 642. The standard InChI is InChI=1S/C16H20N4/c1-10-9-15(18-16(17)19(10)4)20-12(3)11(2)13-7-5-6-8-14(13)20/h5-9,11-12,17H,1-4H3/p+1. The molecule has 0 bridgehead atoms. The van der Waals surface area contributed by atoms with Crippen molar-refractivity contribution < 1.29 is 4.57 Å². The lowest BCUT2D eigenvalue weighted by Crippen LogP contribution is -2.38. The molecule has 20 heavy (non-hydrogen) atoms. The van der Waals surface area contributed by atoms with Crippen molar-refractivity contribution >= 4 is 17.5 Å². The van der Waals surface area contributed by atoms with Crippen molar-refractivity contribution in [3.63, 3.8) is 0 Å². The molecule has 1 aliphatic rings. The SMILES string of the molecule is Cc1cc(N2c3ccccc3C(C)C2C)nc(N)[n+]1C. The second-order valence-corrected chi connectivity index (χ2v) is 5.63. The summed E-state index contributed by atoms with van der Waals surface area (Å²) in [5.41, 5.74) is 9.75. The summed E-state index contributed by atoms with van der Waals surface area (Å²) in [6.45, 7) is 6.56. The Morgan fingerprint density at radius 3 is 2.65 bits per heavy atom. The maximum Gasteiger partial charge on any atom is 0.391 e. The molecule has 0 spiro atoms. The van der Waals surface area contributed by atoms with Crippen LogP contribution in [-0.4, -0.2) is 11.0 Å². The first-order valence-corrected chi connectivity index (χ1v) is 7.02. The Hall–Kier alpha value is -2.10. The molecule has 104 valence electrons. The first kappa shape index (κ1) is 12.9. The molecule has 2 unspecified atom stereocenters. The number of aryl methyl sites for hydroxylation is 1. The highest BCUT2D eigenvalue weighted by Gasteiger charge is 2.35. The first-order chi connectivity index (χ1) is 9.50. The van der Waals surface area contributed by atoms with Gasteiger partial charge in [0.05, 0.1) is 12.7 Å². The van der Waals surface area contributed by atoms with Crippen LogP contribution in [0.15, 0.2) is 30.3 Å². The summed E-state index contributed by atoms with van der Waals surface area (Å²) in [6, 6.07) is 11.0. The third kappa shape index (κ3) is 1.75. The molecule has 2 atom stereocenters. The van der Waals surface area contributed by atoms with Crippen molar-refractivity contribution in [2.75, 3.05) is 10.6 Å². The smallest absolute Gasteiger partial charge is 0.309 e. The summed E-state index contributed by atoms with van der Waals surface area (Å²) in [5, 5.41) is 0. The quantitative estimate of drug-likeness (QED) is 0.809. The number of benzene rings is 1. The van der Waals surface area contributed by atoms with Crippen LogP contribution in [0.1, 0.15) is 31.0 Å². The van der Waals surface area contributed by atoms with Crippen LogP contribution >= 0.6 is 0 Å². The first-order valence-electron chi connectivity index (χ1n) is 7.02. The fourth-order valence-electron chi connectivity index (χ4n) is 2.94. The van der Waals surface area contributed by atoms with Crippen molar-refractivity contribution in [3.05, 3.63) is 41.6 Å². The molecule has 0 saturated heterocycles. The van der Waals surface area contributed by atoms with Gasteiger partial charge in [-0.2, -0.15) is 0 Å². The second kappa shape index (κ2) is 4.47. The molecule has 0 aliphatic carbocycles. The van der Waals surface area contributed by atoms with E-state index in [4.69, 9.17) is 5.73 Å². The predicted molar refractivity (Wildman–Crippen MR) is 81.0 cm³/mol. The van der Waals surface area contributed by atoms with Crippen LogP contribution in [0.25, 0.3) is 0 Å². The second-order valence-electron chi connectivity index (χ2n) is 5.63. The summed E-state index contributed by atoms with van der Waals surface area (Å²) in [6.07, 6.45) is 0. The van der Waals surface area contributed by atoms with E-state index in [2.05, 4.69) is 61.0 Å². The van der Waals surface area contributed by atoms with E-state index >= 15 is 0 Å². The van der Waals surface area contributed by atoms with Crippen molar-refractivity contribution in [2.24, 2.45) is 7.05 Å². The average molecular weight is 269 g/mol. The lowest BCUT2D eigenvalue weighted by Gasteiger charge is -2.23. The fourth-order valence-corrected chi connectivity index (χ4v) is 2.94. The third-order valence-corrected chi connectivity index (χ3v) is 4.50. The van der Waals surface area contributed by atoms with Gasteiger partial charge in [0.2, 0.25) is 5.82 Å². The van der Waals surface area contributed by atoms with Crippen LogP contribution in [-0.2, 0) is 7.05 Å². The molecule has 0 saturated carbocycles. The Kier molecular flexibility index (Phi) is 2.89. The summed E-state index contributed by atoms with van der Waals surface area (Å²) in [7, 11) is 1.94. The molecule has 1 aromatic carbocycles. The lowest BCUT2D eigenvalue weighted by atomic mass is 9.98. The zero-order valence-electron chi connectivity index (χ0n) is 12.5. The van der Waals surface area contributed by atoms with Gasteiger partial charge in [-0.15, -0.1) is 0 Å². The summed E-state index contributed by atoms with van der Waals surface area (Å²) < 4.78 is 1.90. The summed E-state index contributed by atoms with van der Waals surface area (Å²) >= 11 is 0. The van der Waals surface area contributed by atoms with Gasteiger partial charge < -0.3 is 4.90 Å². The van der Waals surface area contributed by atoms with E-state index in [0.29, 0.717) is 17.9 Å². The maximum atomic E-state index is 6.01. The zero-order valence-corrected chi connectivity index (χ0v) is 12.5. The van der Waals surface area contributed by atoms with Crippen molar-refractivity contribution in [1.82, 2.24) is 4.98 Å². The van der Waals surface area contributed by atoms with Gasteiger partial charge >= 0.3 is 5.95 Å². The van der Waals surface area contributed by atoms with Crippen LogP contribution in [0, 0.1) is 6.92 Å². The molecule has 4 nitrogen and oxygen atoms in total. The molecule has 0 fully saturated rings. The van der Waals surface area contributed by atoms with Gasteiger partial charge in [-0.05, 0) is 25.5 Å². The number of aromatic nitrogens is 2. The molecule has 2 N–H and O–H groups in total. The minimum Gasteiger partial charge on any atom is -0.309 e. The van der Waals surface area contributed by atoms with E-state index in [1.807, 2.05) is 11.6 Å². The number of nitrogens with two attached hydrogens (primary N) is 1. The molecule has 2 heterocycles. The predicted octanol–water partition coefficient (Wildman–Crippen LogP) is 2.44. The highest BCUT2D eigenvalue weighted by Crippen LogP contribution is 2.44. The van der Waals surface area contributed by atoms with Crippen LogP contribution in [0.5, 0.6) is 0 Å². The van der Waals surface area contributed by atoms with Gasteiger partial charge in [0.15, 0.2) is 0 Å². The third-order valence-electron chi connectivity index (χ3n) is 4.50. The Morgan fingerprint density at radius 2 is 1.95 bits per heavy atom. The summed E-state index contributed by atoms with van der Waals surface area (Å²) in [4.78, 5) is 6.86. The van der Waals surface area contributed by atoms with Gasteiger partial charge in [0, 0.05) is 23.7 Å². The minimum absolute atomic E-state index is 0.381. The normalized spacial score (nSPS) is 21.1. The van der Waals surface area contributed by atoms with E-state index < -0.39 is 0 Å². The summed E-state index contributed by atoms with van der Waals surface area (Å²) in [5.74, 6) is 1.97. The lowest BCUT2D eigenvalue weighted by molar-refractivity contribution is -0.665. The number of hydrogen-bond acceptors (Lipinski definition) is 3. The van der Waals surface area contributed by atoms with E-state index in [1.165, 1.54) is 11.3 Å². The molecule has 3 rings (SSSR count). The molecule has 0 radical (unpaired) electrons. The van der Waals surface area contributed by atoms with Crippen LogP contribution in [0.3, 0.4) is 0 Å². The number of fused-ring (bicyclic) bond motifs is 1. The van der Waals surface area contributed by atoms with Gasteiger partial charge in [0.25, 0.3) is 0 Å². The molecular weight excluding hydrogens is 248 g/mol. The number of hydrogen-bond donors (Lipinski definition) is 1. The van der Waals surface area contributed by atoms with Gasteiger partial charge in [-0.1, -0.05) is 30.1 Å². The van der Waals surface area contributed by atoms with Gasteiger partial charge in [0.1, 0.15) is 0 Å². The van der Waals surface area contributed by atoms with Gasteiger partial charge in [-0.25, -0.2) is 4.57 Å². The van der Waals surface area contributed by atoms with Crippen molar-refractivity contribution in [3.8, 4) is 0 Å². The Morgan fingerprint density at radius 1 is 1.25 bits per heavy atom. The van der Waals surface area contributed by atoms with Crippen molar-refractivity contribution in [1.29, 1.82) is 0 Å². The number of anilines is 3. The van der Waals surface area contributed by atoms with E-state index in [9.17, 15) is 0 Å². The molecule has 1 aliphatic heterocycles. The molecule has 2 aromatic rings. The highest BCUT2D eigenvalue weighted by molar-refractivity contribution is 5.70. The van der Waals surface area contributed by atoms with Crippen LogP contribution in [0.4, 0.5) is 17.5 Å². The molecule has 0 amide bonds.